The van der Waals surface area contributed by atoms with E-state index in [0.717, 1.165) is 12.8 Å². The highest BCUT2D eigenvalue weighted by molar-refractivity contribution is 7.80. The Kier molecular flexibility index (Phi) is 1.84. The largest absolute Gasteiger partial charge is 0.393 e. The number of halogens is 1. The van der Waals surface area contributed by atoms with E-state index in [-0.39, 0.29) is 11.2 Å². The van der Waals surface area contributed by atoms with Crippen LogP contribution in [0.5, 0.6) is 0 Å². The minimum atomic E-state index is -0.333. The molecule has 0 aromatic heterocycles. The molecule has 0 bridgehead atoms. The number of nitrogens with two attached hydrogens (primary N) is 1. The van der Waals surface area contributed by atoms with Crippen LogP contribution in [-0.4, -0.2) is 4.99 Å². The highest BCUT2D eigenvalue weighted by Crippen LogP contribution is 2.49. The lowest BCUT2D eigenvalue weighted by molar-refractivity contribution is 0.602. The second-order valence-electron chi connectivity index (χ2n) is 3.43. The second-order valence-corrected chi connectivity index (χ2v) is 3.87. The van der Waals surface area contributed by atoms with Crippen LogP contribution in [0.25, 0.3) is 0 Å². The minimum Gasteiger partial charge on any atom is -0.393 e. The number of thiocarbonyl (C=S) groups is 1. The molecule has 0 radical (unpaired) electrons. The molecule has 0 unspecified atom stereocenters. The SMILES string of the molecule is NC(=S)C1(c2ccccc2F)CC1. The molecule has 0 heterocycles. The number of rotatable bonds is 2. The lowest BCUT2D eigenvalue weighted by Crippen LogP contribution is -2.27. The van der Waals surface area contributed by atoms with Crippen LogP contribution in [0.4, 0.5) is 4.39 Å². The standard InChI is InChI=1S/C10H10FNS/c11-8-4-2-1-3-7(8)10(5-6-10)9(12)13/h1-4H,5-6H2,(H2,12,13). The molecule has 13 heavy (non-hydrogen) atoms. The summed E-state index contributed by atoms with van der Waals surface area (Å²) in [7, 11) is 0. The van der Waals surface area contributed by atoms with Gasteiger partial charge in [0.15, 0.2) is 0 Å². The van der Waals surface area contributed by atoms with Gasteiger partial charge in [0, 0.05) is 11.0 Å². The first kappa shape index (κ1) is 8.63. The molecule has 0 amide bonds. The smallest absolute Gasteiger partial charge is 0.127 e. The van der Waals surface area contributed by atoms with Crippen LogP contribution < -0.4 is 5.73 Å². The highest BCUT2D eigenvalue weighted by atomic mass is 32.1. The molecule has 2 N–H and O–H groups in total. The van der Waals surface area contributed by atoms with Gasteiger partial charge in [-0.15, -0.1) is 0 Å². The summed E-state index contributed by atoms with van der Waals surface area (Å²) in [5.41, 5.74) is 5.92. The average molecular weight is 195 g/mol. The summed E-state index contributed by atoms with van der Waals surface area (Å²) >= 11 is 4.95. The van der Waals surface area contributed by atoms with Gasteiger partial charge in [-0.25, -0.2) is 4.39 Å². The molecular weight excluding hydrogens is 185 g/mol. The van der Waals surface area contributed by atoms with Gasteiger partial charge in [-0.05, 0) is 18.9 Å². The Bertz CT molecular complexity index is 358. The number of hydrogen-bond donors (Lipinski definition) is 1. The fourth-order valence-electron chi connectivity index (χ4n) is 1.62. The molecule has 2 rings (SSSR count). The van der Waals surface area contributed by atoms with Crippen molar-refractivity contribution in [3.63, 3.8) is 0 Å². The summed E-state index contributed by atoms with van der Waals surface area (Å²) in [6.07, 6.45) is 1.76. The fourth-order valence-corrected chi connectivity index (χ4v) is 1.94. The second kappa shape index (κ2) is 2.77. The van der Waals surface area contributed by atoms with Crippen LogP contribution in [-0.2, 0) is 5.41 Å². The van der Waals surface area contributed by atoms with Crippen LogP contribution >= 0.6 is 12.2 Å². The normalized spacial score (nSPS) is 18.2. The van der Waals surface area contributed by atoms with Crippen molar-refractivity contribution in [2.45, 2.75) is 18.3 Å². The molecule has 0 atom stereocenters. The molecule has 1 saturated carbocycles. The first-order chi connectivity index (χ1) is 6.17. The first-order valence-electron chi connectivity index (χ1n) is 4.22. The molecule has 1 aromatic carbocycles. The van der Waals surface area contributed by atoms with Crippen LogP contribution in [0.3, 0.4) is 0 Å². The van der Waals surface area contributed by atoms with Crippen LogP contribution in [0.2, 0.25) is 0 Å². The van der Waals surface area contributed by atoms with Gasteiger partial charge < -0.3 is 5.73 Å². The predicted molar refractivity (Wildman–Crippen MR) is 54.1 cm³/mol. The Balaban J connectivity index is 2.47. The molecule has 1 aromatic rings. The molecule has 3 heteroatoms. The summed E-state index contributed by atoms with van der Waals surface area (Å²) in [5.74, 6) is -0.201. The lowest BCUT2D eigenvalue weighted by atomic mass is 9.95. The van der Waals surface area contributed by atoms with Gasteiger partial charge in [-0.1, -0.05) is 30.4 Å². The Morgan fingerprint density at radius 1 is 1.38 bits per heavy atom. The zero-order valence-electron chi connectivity index (χ0n) is 7.09. The van der Waals surface area contributed by atoms with E-state index in [1.54, 1.807) is 12.1 Å². The van der Waals surface area contributed by atoms with E-state index in [4.69, 9.17) is 18.0 Å². The van der Waals surface area contributed by atoms with Crippen molar-refractivity contribution in [2.75, 3.05) is 0 Å². The molecule has 0 saturated heterocycles. The monoisotopic (exact) mass is 195 g/mol. The van der Waals surface area contributed by atoms with Crippen molar-refractivity contribution >= 4 is 17.2 Å². The van der Waals surface area contributed by atoms with E-state index >= 15 is 0 Å². The van der Waals surface area contributed by atoms with E-state index < -0.39 is 0 Å². The van der Waals surface area contributed by atoms with Gasteiger partial charge in [-0.3, -0.25) is 0 Å². The minimum absolute atomic E-state index is 0.201. The van der Waals surface area contributed by atoms with Gasteiger partial charge >= 0.3 is 0 Å². The van der Waals surface area contributed by atoms with Gasteiger partial charge in [0.1, 0.15) is 5.82 Å². The topological polar surface area (TPSA) is 26.0 Å². The summed E-state index contributed by atoms with van der Waals surface area (Å²) in [5, 5.41) is 0. The predicted octanol–water partition coefficient (Wildman–Crippen LogP) is 2.14. The maximum Gasteiger partial charge on any atom is 0.127 e. The Hall–Kier alpha value is -0.960. The fraction of sp³-hybridized carbons (Fsp3) is 0.300. The maximum absolute atomic E-state index is 13.4. The van der Waals surface area contributed by atoms with Crippen molar-refractivity contribution in [3.05, 3.63) is 35.6 Å². The average Bonchev–Trinajstić information content (AvgIpc) is 2.85. The maximum atomic E-state index is 13.4. The molecule has 68 valence electrons. The van der Waals surface area contributed by atoms with Gasteiger partial charge in [0.2, 0.25) is 0 Å². The van der Waals surface area contributed by atoms with E-state index in [9.17, 15) is 4.39 Å². The van der Waals surface area contributed by atoms with E-state index in [1.807, 2.05) is 6.07 Å². The molecule has 0 aliphatic heterocycles. The Labute approximate surface area is 81.7 Å². The summed E-state index contributed by atoms with van der Waals surface area (Å²) < 4.78 is 13.4. The molecule has 1 aliphatic carbocycles. The molecule has 0 spiro atoms. The lowest BCUT2D eigenvalue weighted by Gasteiger charge is -2.13. The van der Waals surface area contributed by atoms with Crippen molar-refractivity contribution < 1.29 is 4.39 Å². The third-order valence-corrected chi connectivity index (χ3v) is 3.00. The van der Waals surface area contributed by atoms with Crippen molar-refractivity contribution in [2.24, 2.45) is 5.73 Å². The molecular formula is C10H10FNS. The van der Waals surface area contributed by atoms with E-state index in [0.29, 0.717) is 10.6 Å². The van der Waals surface area contributed by atoms with Crippen molar-refractivity contribution in [1.82, 2.24) is 0 Å². The molecule has 1 fully saturated rings. The summed E-state index contributed by atoms with van der Waals surface area (Å²) in [4.78, 5) is 0.414. The molecule has 1 nitrogen and oxygen atoms in total. The van der Waals surface area contributed by atoms with Crippen LogP contribution in [0.1, 0.15) is 18.4 Å². The van der Waals surface area contributed by atoms with E-state index in [1.165, 1.54) is 6.07 Å². The van der Waals surface area contributed by atoms with Crippen molar-refractivity contribution in [1.29, 1.82) is 0 Å². The highest BCUT2D eigenvalue weighted by Gasteiger charge is 2.48. The Morgan fingerprint density at radius 3 is 2.46 bits per heavy atom. The quantitative estimate of drug-likeness (QED) is 0.732. The first-order valence-corrected chi connectivity index (χ1v) is 4.62. The van der Waals surface area contributed by atoms with Gasteiger partial charge in [0.05, 0.1) is 4.99 Å². The number of benzene rings is 1. The van der Waals surface area contributed by atoms with Crippen LogP contribution in [0, 0.1) is 5.82 Å². The van der Waals surface area contributed by atoms with Crippen LogP contribution in [0.15, 0.2) is 24.3 Å². The summed E-state index contributed by atoms with van der Waals surface area (Å²) in [6, 6.07) is 6.71. The van der Waals surface area contributed by atoms with Gasteiger partial charge in [-0.2, -0.15) is 0 Å². The molecule has 1 aliphatic rings. The summed E-state index contributed by atoms with van der Waals surface area (Å²) in [6.45, 7) is 0. The third kappa shape index (κ3) is 1.23. The van der Waals surface area contributed by atoms with E-state index in [2.05, 4.69) is 0 Å². The Morgan fingerprint density at radius 2 is 2.00 bits per heavy atom. The third-order valence-electron chi connectivity index (χ3n) is 2.61. The van der Waals surface area contributed by atoms with Crippen molar-refractivity contribution in [3.8, 4) is 0 Å². The van der Waals surface area contributed by atoms with Gasteiger partial charge in [0.25, 0.3) is 0 Å². The zero-order chi connectivity index (χ0) is 9.47. The zero-order valence-corrected chi connectivity index (χ0v) is 7.90. The number of hydrogen-bond acceptors (Lipinski definition) is 1.